The number of nitrogens with two attached hydrogens (primary N) is 1. The molecule has 3 heteroatoms. The van der Waals surface area contributed by atoms with Crippen molar-refractivity contribution in [3.63, 3.8) is 0 Å². The zero-order valence-electron chi connectivity index (χ0n) is 11.0. The Labute approximate surface area is 118 Å². The number of alkyl halides is 1. The minimum absolute atomic E-state index is 0.271. The van der Waals surface area contributed by atoms with Crippen LogP contribution in [-0.2, 0) is 6.42 Å². The number of hydrogen-bond donors (Lipinski definition) is 1. The maximum Gasteiger partial charge on any atom is 0.122 e. The number of hydrogen-bond acceptors (Lipinski definition) is 2. The van der Waals surface area contributed by atoms with Crippen molar-refractivity contribution in [1.29, 1.82) is 0 Å². The van der Waals surface area contributed by atoms with Crippen LogP contribution >= 0.6 is 11.6 Å². The molecule has 2 unspecified atom stereocenters. The Hall–Kier alpha value is -1.25. The SMILES string of the molecule is COc1ccc2cccc3c2c1CCC3CC(N)Cl. The highest BCUT2D eigenvalue weighted by molar-refractivity contribution is 6.20. The smallest absolute Gasteiger partial charge is 0.122 e. The van der Waals surface area contributed by atoms with Crippen LogP contribution < -0.4 is 10.5 Å². The lowest BCUT2D eigenvalue weighted by Gasteiger charge is -2.27. The van der Waals surface area contributed by atoms with Crippen LogP contribution in [0.1, 0.15) is 29.9 Å². The van der Waals surface area contributed by atoms with Crippen LogP contribution in [0.25, 0.3) is 10.8 Å². The molecule has 2 aromatic carbocycles. The van der Waals surface area contributed by atoms with Crippen LogP contribution in [0.4, 0.5) is 0 Å². The normalized spacial score (nSPS) is 19.4. The van der Waals surface area contributed by atoms with Crippen LogP contribution in [0.3, 0.4) is 0 Å². The third kappa shape index (κ3) is 2.19. The molecule has 1 aliphatic rings. The molecule has 1 aliphatic carbocycles. The summed E-state index contributed by atoms with van der Waals surface area (Å²) in [6, 6.07) is 10.7. The molecule has 19 heavy (non-hydrogen) atoms. The van der Waals surface area contributed by atoms with Crippen LogP contribution in [0.15, 0.2) is 30.3 Å². The zero-order valence-corrected chi connectivity index (χ0v) is 11.8. The van der Waals surface area contributed by atoms with Crippen LogP contribution in [0.2, 0.25) is 0 Å². The minimum atomic E-state index is -0.271. The number of ether oxygens (including phenoxy) is 1. The highest BCUT2D eigenvalue weighted by Crippen LogP contribution is 2.42. The van der Waals surface area contributed by atoms with Gasteiger partial charge in [-0.15, -0.1) is 11.6 Å². The lowest BCUT2D eigenvalue weighted by molar-refractivity contribution is 0.407. The van der Waals surface area contributed by atoms with Gasteiger partial charge in [0.2, 0.25) is 0 Å². The summed E-state index contributed by atoms with van der Waals surface area (Å²) in [6.07, 6.45) is 2.95. The number of aryl methyl sites for hydroxylation is 1. The van der Waals surface area contributed by atoms with Crippen molar-refractivity contribution in [1.82, 2.24) is 0 Å². The maximum absolute atomic E-state index is 5.98. The lowest BCUT2D eigenvalue weighted by Crippen LogP contribution is -2.19. The van der Waals surface area contributed by atoms with E-state index in [0.717, 1.165) is 25.0 Å². The molecule has 2 N–H and O–H groups in total. The molecular weight excluding hydrogens is 258 g/mol. The average molecular weight is 276 g/mol. The number of rotatable bonds is 3. The van der Waals surface area contributed by atoms with Crippen molar-refractivity contribution in [3.8, 4) is 5.75 Å². The Morgan fingerprint density at radius 2 is 2.21 bits per heavy atom. The van der Waals surface area contributed by atoms with E-state index in [1.807, 2.05) is 0 Å². The summed E-state index contributed by atoms with van der Waals surface area (Å²) in [4.78, 5) is 0. The van der Waals surface area contributed by atoms with Crippen LogP contribution in [0, 0.1) is 0 Å². The van der Waals surface area contributed by atoms with Crippen molar-refractivity contribution in [2.24, 2.45) is 5.73 Å². The van der Waals surface area contributed by atoms with Gasteiger partial charge in [0.05, 0.1) is 12.6 Å². The van der Waals surface area contributed by atoms with Gasteiger partial charge in [-0.3, -0.25) is 0 Å². The van der Waals surface area contributed by atoms with Gasteiger partial charge in [-0.2, -0.15) is 0 Å². The van der Waals surface area contributed by atoms with Crippen molar-refractivity contribution < 1.29 is 4.74 Å². The summed E-state index contributed by atoms with van der Waals surface area (Å²) in [5.41, 5.74) is 8.19. The molecule has 0 saturated carbocycles. The van der Waals surface area contributed by atoms with E-state index in [1.165, 1.54) is 21.9 Å². The zero-order chi connectivity index (χ0) is 13.4. The van der Waals surface area contributed by atoms with Crippen molar-refractivity contribution in [2.75, 3.05) is 7.11 Å². The topological polar surface area (TPSA) is 35.2 Å². The molecule has 2 nitrogen and oxygen atoms in total. The lowest BCUT2D eigenvalue weighted by atomic mass is 9.79. The Kier molecular flexibility index (Phi) is 3.38. The highest BCUT2D eigenvalue weighted by Gasteiger charge is 2.24. The quantitative estimate of drug-likeness (QED) is 0.683. The van der Waals surface area contributed by atoms with Crippen LogP contribution in [-0.4, -0.2) is 12.6 Å². The van der Waals surface area contributed by atoms with E-state index in [9.17, 15) is 0 Å². The molecule has 0 heterocycles. The van der Waals surface area contributed by atoms with Crippen molar-refractivity contribution in [2.45, 2.75) is 30.7 Å². The third-order valence-corrected chi connectivity index (χ3v) is 4.23. The van der Waals surface area contributed by atoms with E-state index in [2.05, 4.69) is 30.3 Å². The van der Waals surface area contributed by atoms with Gasteiger partial charge in [0, 0.05) is 5.56 Å². The second-order valence-corrected chi connectivity index (χ2v) is 5.74. The fourth-order valence-electron chi connectivity index (χ4n) is 3.24. The van der Waals surface area contributed by atoms with Gasteiger partial charge in [0.25, 0.3) is 0 Å². The van der Waals surface area contributed by atoms with Crippen molar-refractivity contribution >= 4 is 22.4 Å². The Morgan fingerprint density at radius 3 is 2.95 bits per heavy atom. The van der Waals surface area contributed by atoms with Crippen LogP contribution in [0.5, 0.6) is 5.75 Å². The summed E-state index contributed by atoms with van der Waals surface area (Å²) in [5, 5.41) is 2.62. The molecule has 0 amide bonds. The predicted molar refractivity (Wildman–Crippen MR) is 80.0 cm³/mol. The van der Waals surface area contributed by atoms with Gasteiger partial charge in [0.15, 0.2) is 0 Å². The molecule has 0 fully saturated rings. The molecule has 0 bridgehead atoms. The minimum Gasteiger partial charge on any atom is -0.496 e. The molecule has 0 aliphatic heterocycles. The van der Waals surface area contributed by atoms with Gasteiger partial charge in [0.1, 0.15) is 5.75 Å². The summed E-state index contributed by atoms with van der Waals surface area (Å²) >= 11 is 5.98. The molecule has 0 saturated heterocycles. The first-order chi connectivity index (χ1) is 9.20. The third-order valence-electron chi connectivity index (χ3n) is 4.05. The highest BCUT2D eigenvalue weighted by atomic mass is 35.5. The van der Waals surface area contributed by atoms with E-state index in [-0.39, 0.29) is 5.50 Å². The number of methoxy groups -OCH3 is 1. The first-order valence-electron chi connectivity index (χ1n) is 6.69. The van der Waals surface area contributed by atoms with E-state index < -0.39 is 0 Å². The molecule has 0 radical (unpaired) electrons. The maximum atomic E-state index is 5.98. The average Bonchev–Trinajstić information content (AvgIpc) is 2.41. The number of benzene rings is 2. The van der Waals surface area contributed by atoms with E-state index in [0.29, 0.717) is 5.92 Å². The second kappa shape index (κ2) is 5.03. The second-order valence-electron chi connectivity index (χ2n) is 5.18. The first kappa shape index (κ1) is 12.8. The van der Waals surface area contributed by atoms with Gasteiger partial charge < -0.3 is 10.5 Å². The number of halogens is 1. The Balaban J connectivity index is 2.19. The molecular formula is C16H18ClNO. The Morgan fingerprint density at radius 1 is 1.37 bits per heavy atom. The van der Waals surface area contributed by atoms with Gasteiger partial charge >= 0.3 is 0 Å². The summed E-state index contributed by atoms with van der Waals surface area (Å²) in [7, 11) is 1.74. The van der Waals surface area contributed by atoms with E-state index in [4.69, 9.17) is 22.1 Å². The molecule has 100 valence electrons. The van der Waals surface area contributed by atoms with Gasteiger partial charge in [-0.1, -0.05) is 24.3 Å². The van der Waals surface area contributed by atoms with Crippen molar-refractivity contribution in [3.05, 3.63) is 41.5 Å². The molecule has 0 aromatic heterocycles. The summed E-state index contributed by atoms with van der Waals surface area (Å²) in [5.74, 6) is 1.45. The van der Waals surface area contributed by atoms with Gasteiger partial charge in [-0.25, -0.2) is 0 Å². The summed E-state index contributed by atoms with van der Waals surface area (Å²) < 4.78 is 5.50. The van der Waals surface area contributed by atoms with Gasteiger partial charge in [-0.05, 0) is 47.6 Å². The largest absolute Gasteiger partial charge is 0.496 e. The molecule has 2 atom stereocenters. The first-order valence-corrected chi connectivity index (χ1v) is 7.12. The predicted octanol–water partition coefficient (Wildman–Crippen LogP) is 3.79. The fourth-order valence-corrected chi connectivity index (χ4v) is 3.45. The monoisotopic (exact) mass is 275 g/mol. The molecule has 2 aromatic rings. The fraction of sp³-hybridized carbons (Fsp3) is 0.375. The van der Waals surface area contributed by atoms with E-state index in [1.54, 1.807) is 7.11 Å². The molecule has 0 spiro atoms. The Bertz CT molecular complexity index is 609. The summed E-state index contributed by atoms with van der Waals surface area (Å²) in [6.45, 7) is 0. The molecule has 3 rings (SSSR count). The van der Waals surface area contributed by atoms with E-state index >= 15 is 0 Å². The standard InChI is InChI=1S/C16H18ClNO/c1-19-14-8-6-10-3-2-4-12-11(9-15(17)18)5-7-13(14)16(10)12/h2-4,6,8,11,15H,5,7,9,18H2,1H3.